The lowest BCUT2D eigenvalue weighted by Crippen LogP contribution is -2.25. The molecule has 0 aromatic heterocycles. The summed E-state index contributed by atoms with van der Waals surface area (Å²) in [5.74, 6) is 0. The van der Waals surface area contributed by atoms with Gasteiger partial charge in [0.15, 0.2) is 0 Å². The van der Waals surface area contributed by atoms with Gasteiger partial charge >= 0.3 is 0 Å². The molecule has 0 aliphatic heterocycles. The summed E-state index contributed by atoms with van der Waals surface area (Å²) < 4.78 is 0. The summed E-state index contributed by atoms with van der Waals surface area (Å²) >= 11 is 0. The number of nitrogens with one attached hydrogen (secondary N) is 3. The van der Waals surface area contributed by atoms with Gasteiger partial charge in [-0.2, -0.15) is 0 Å². The summed E-state index contributed by atoms with van der Waals surface area (Å²) in [4.78, 5) is 0. The minimum atomic E-state index is -0.0137. The van der Waals surface area contributed by atoms with Crippen LogP contribution in [0.1, 0.15) is 51.0 Å². The van der Waals surface area contributed by atoms with Crippen molar-refractivity contribution in [2.75, 3.05) is 5.32 Å². The highest BCUT2D eigenvalue weighted by Gasteiger charge is 2.21. The molecule has 2 unspecified atom stereocenters. The molecule has 0 saturated heterocycles. The van der Waals surface area contributed by atoms with E-state index in [-0.39, 0.29) is 12.1 Å². The predicted molar refractivity (Wildman–Crippen MR) is 183 cm³/mol. The maximum atomic E-state index is 3.91. The third-order valence-electron chi connectivity index (χ3n) is 8.02. The van der Waals surface area contributed by atoms with Gasteiger partial charge in [0.05, 0.1) is 12.1 Å². The molecule has 0 radical (unpaired) electrons. The summed E-state index contributed by atoms with van der Waals surface area (Å²) in [6.45, 7) is 2.29. The van der Waals surface area contributed by atoms with E-state index in [0.29, 0.717) is 0 Å². The predicted octanol–water partition coefficient (Wildman–Crippen LogP) is 9.06. The van der Waals surface area contributed by atoms with E-state index in [0.717, 1.165) is 25.3 Å². The van der Waals surface area contributed by atoms with Crippen LogP contribution >= 0.6 is 0 Å². The van der Waals surface area contributed by atoms with Gasteiger partial charge in [-0.3, -0.25) is 0 Å². The van der Waals surface area contributed by atoms with Crippen LogP contribution in [0.2, 0.25) is 0 Å². The van der Waals surface area contributed by atoms with Gasteiger partial charge in [-0.15, -0.1) is 0 Å². The fraction of sp³-hybridized carbons (Fsp3) is 0.122. The van der Waals surface area contributed by atoms with E-state index in [2.05, 4.69) is 186 Å². The second-order valence-electron chi connectivity index (χ2n) is 11.1. The third kappa shape index (κ3) is 7.70. The van der Waals surface area contributed by atoms with Crippen molar-refractivity contribution in [3.05, 3.63) is 209 Å². The Morgan fingerprint density at radius 3 is 1.27 bits per heavy atom. The van der Waals surface area contributed by atoms with Crippen molar-refractivity contribution < 1.29 is 0 Å². The molecule has 0 bridgehead atoms. The van der Waals surface area contributed by atoms with Crippen molar-refractivity contribution in [1.82, 2.24) is 10.6 Å². The first-order valence-corrected chi connectivity index (χ1v) is 15.4. The third-order valence-corrected chi connectivity index (χ3v) is 8.02. The number of hydrogen-bond donors (Lipinski definition) is 3. The van der Waals surface area contributed by atoms with E-state index in [1.54, 1.807) is 0 Å². The monoisotopic (exact) mass is 573 g/mol. The minimum Gasteiger partial charge on any atom is -0.381 e. The van der Waals surface area contributed by atoms with E-state index >= 15 is 0 Å². The van der Waals surface area contributed by atoms with Gasteiger partial charge in [-0.05, 0) is 51.1 Å². The van der Waals surface area contributed by atoms with Gasteiger partial charge in [0.25, 0.3) is 0 Å². The van der Waals surface area contributed by atoms with Gasteiger partial charge in [0.1, 0.15) is 0 Å². The fourth-order valence-corrected chi connectivity index (χ4v) is 5.71. The molecule has 0 aliphatic carbocycles. The average Bonchev–Trinajstić information content (AvgIpc) is 3.10. The smallest absolute Gasteiger partial charge is 0.0599 e. The Hall–Kier alpha value is -4.96. The summed E-state index contributed by atoms with van der Waals surface area (Å²) in [6.07, 6.45) is 0. The van der Waals surface area contributed by atoms with Crippen molar-refractivity contribution in [3.8, 4) is 0 Å². The maximum Gasteiger partial charge on any atom is 0.0599 e. The zero-order valence-electron chi connectivity index (χ0n) is 24.9. The second-order valence-corrected chi connectivity index (χ2v) is 11.1. The lowest BCUT2D eigenvalue weighted by atomic mass is 9.91. The Morgan fingerprint density at radius 2 is 0.773 bits per heavy atom. The highest BCUT2D eigenvalue weighted by Crippen LogP contribution is 2.34. The molecule has 0 aliphatic rings. The van der Waals surface area contributed by atoms with Crippen molar-refractivity contribution >= 4 is 5.69 Å². The second kappa shape index (κ2) is 15.0. The summed E-state index contributed by atoms with van der Waals surface area (Å²) in [6, 6.07) is 60.3. The zero-order chi connectivity index (χ0) is 29.8. The Kier molecular flexibility index (Phi) is 9.91. The molecule has 6 aromatic carbocycles. The van der Waals surface area contributed by atoms with E-state index in [4.69, 9.17) is 0 Å². The molecule has 3 N–H and O–H groups in total. The van der Waals surface area contributed by atoms with Gasteiger partial charge in [0.2, 0.25) is 0 Å². The van der Waals surface area contributed by atoms with E-state index in [1.807, 2.05) is 0 Å². The highest BCUT2D eigenvalue weighted by atomic mass is 14.9. The van der Waals surface area contributed by atoms with Crippen LogP contribution in [-0.2, 0) is 19.6 Å². The number of rotatable bonds is 13. The quantitative estimate of drug-likeness (QED) is 0.129. The molecule has 0 saturated carbocycles. The first-order valence-electron chi connectivity index (χ1n) is 15.4. The van der Waals surface area contributed by atoms with E-state index in [9.17, 15) is 0 Å². The van der Waals surface area contributed by atoms with Gasteiger partial charge in [0, 0.05) is 25.3 Å². The van der Waals surface area contributed by atoms with Crippen molar-refractivity contribution in [2.45, 2.75) is 31.7 Å². The van der Waals surface area contributed by atoms with Crippen LogP contribution in [0.5, 0.6) is 0 Å². The zero-order valence-corrected chi connectivity index (χ0v) is 24.9. The lowest BCUT2D eigenvalue weighted by molar-refractivity contribution is 0.592. The highest BCUT2D eigenvalue weighted by molar-refractivity contribution is 5.58. The maximum absolute atomic E-state index is 3.91. The van der Waals surface area contributed by atoms with Crippen molar-refractivity contribution in [1.29, 1.82) is 0 Å². The van der Waals surface area contributed by atoms with Gasteiger partial charge < -0.3 is 16.0 Å². The molecule has 3 heteroatoms. The minimum absolute atomic E-state index is 0.0137. The number of anilines is 1. The largest absolute Gasteiger partial charge is 0.381 e. The molecule has 2 atom stereocenters. The van der Waals surface area contributed by atoms with Crippen LogP contribution in [-0.4, -0.2) is 0 Å². The van der Waals surface area contributed by atoms with Gasteiger partial charge in [-0.1, -0.05) is 158 Å². The van der Waals surface area contributed by atoms with Gasteiger partial charge in [-0.25, -0.2) is 0 Å². The summed E-state index contributed by atoms with van der Waals surface area (Å²) in [7, 11) is 0. The molecular weight excluding hydrogens is 534 g/mol. The fourth-order valence-electron chi connectivity index (χ4n) is 5.71. The van der Waals surface area contributed by atoms with Crippen LogP contribution in [0.25, 0.3) is 0 Å². The van der Waals surface area contributed by atoms with Crippen LogP contribution in [0.3, 0.4) is 0 Å². The Morgan fingerprint density at radius 1 is 0.364 bits per heavy atom. The molecular formula is C41H39N3. The molecule has 3 nitrogen and oxygen atoms in total. The van der Waals surface area contributed by atoms with Crippen molar-refractivity contribution in [3.63, 3.8) is 0 Å². The average molecular weight is 574 g/mol. The summed E-state index contributed by atoms with van der Waals surface area (Å²) in [5.41, 5.74) is 9.84. The molecule has 6 rings (SSSR count). The Labute approximate surface area is 261 Å². The topological polar surface area (TPSA) is 36.1 Å². The molecule has 44 heavy (non-hydrogen) atoms. The summed E-state index contributed by atoms with van der Waals surface area (Å²) in [5, 5.41) is 11.6. The van der Waals surface area contributed by atoms with Crippen LogP contribution in [0, 0.1) is 0 Å². The molecule has 0 spiro atoms. The standard InChI is InChI=1S/C41H39N3/c1-6-16-32(17-7-1)29-42-39-27-26-37(40(35-22-12-4-13-23-35)43-30-33-18-8-2-9-19-33)28-38(39)41(36-24-14-5-15-25-36)44-31-34-20-10-3-11-21-34/h1-28,40-44H,29-31H2. The van der Waals surface area contributed by atoms with Crippen LogP contribution < -0.4 is 16.0 Å². The number of hydrogen-bond acceptors (Lipinski definition) is 3. The SMILES string of the molecule is c1ccc(CNc2ccc(C(NCc3ccccc3)c3ccccc3)cc2C(NCc2ccccc2)c2ccccc2)cc1. The molecule has 0 amide bonds. The Bertz CT molecular complexity index is 1690. The van der Waals surface area contributed by atoms with Crippen LogP contribution in [0.15, 0.2) is 170 Å². The van der Waals surface area contributed by atoms with E-state index < -0.39 is 0 Å². The molecule has 6 aromatic rings. The van der Waals surface area contributed by atoms with E-state index in [1.165, 1.54) is 38.9 Å². The van der Waals surface area contributed by atoms with Crippen molar-refractivity contribution in [2.24, 2.45) is 0 Å². The van der Waals surface area contributed by atoms with Crippen LogP contribution in [0.4, 0.5) is 5.69 Å². The molecule has 0 heterocycles. The molecule has 218 valence electrons. The number of benzene rings is 6. The Balaban J connectivity index is 1.40. The first-order chi connectivity index (χ1) is 21.8. The first kappa shape index (κ1) is 29.1. The lowest BCUT2D eigenvalue weighted by Gasteiger charge is -2.27. The molecule has 0 fully saturated rings. The normalized spacial score (nSPS) is 12.4.